The topological polar surface area (TPSA) is 45.7 Å². The summed E-state index contributed by atoms with van der Waals surface area (Å²) >= 11 is 6.31. The van der Waals surface area contributed by atoms with Crippen molar-refractivity contribution < 1.29 is 9.53 Å². The van der Waals surface area contributed by atoms with Crippen molar-refractivity contribution in [3.63, 3.8) is 0 Å². The molecule has 0 unspecified atom stereocenters. The van der Waals surface area contributed by atoms with Crippen molar-refractivity contribution in [1.29, 1.82) is 0 Å². The van der Waals surface area contributed by atoms with Crippen LogP contribution in [0.15, 0.2) is 42.5 Å². The highest BCUT2D eigenvalue weighted by molar-refractivity contribution is 6.31. The van der Waals surface area contributed by atoms with Gasteiger partial charge in [-0.1, -0.05) is 35.9 Å². The Kier molecular flexibility index (Phi) is 6.80. The van der Waals surface area contributed by atoms with Gasteiger partial charge in [0.2, 0.25) is 5.91 Å². The fraction of sp³-hybridized carbons (Fsp3) is 0.478. The van der Waals surface area contributed by atoms with Crippen LogP contribution in [0, 0.1) is 0 Å². The number of rotatable bonds is 5. The van der Waals surface area contributed by atoms with E-state index >= 15 is 0 Å². The molecule has 1 atom stereocenters. The molecular formula is C23H28ClN3O2. The number of halogens is 1. The summed E-state index contributed by atoms with van der Waals surface area (Å²) in [5.41, 5.74) is 3.19. The Hall–Kier alpha value is -1.95. The highest BCUT2D eigenvalue weighted by atomic mass is 35.5. The normalized spacial score (nSPS) is 20.6. The van der Waals surface area contributed by atoms with E-state index in [1.165, 1.54) is 0 Å². The van der Waals surface area contributed by atoms with Crippen molar-refractivity contribution in [1.82, 2.24) is 14.8 Å². The fourth-order valence-corrected chi connectivity index (χ4v) is 4.36. The highest BCUT2D eigenvalue weighted by Crippen LogP contribution is 2.27. The Morgan fingerprint density at radius 3 is 2.76 bits per heavy atom. The van der Waals surface area contributed by atoms with E-state index in [0.29, 0.717) is 12.5 Å². The minimum Gasteiger partial charge on any atom is -0.379 e. The molecule has 1 aromatic carbocycles. The second-order valence-corrected chi connectivity index (χ2v) is 8.30. The van der Waals surface area contributed by atoms with E-state index < -0.39 is 0 Å². The molecule has 0 saturated carbocycles. The number of piperidine rings is 1. The zero-order valence-corrected chi connectivity index (χ0v) is 17.5. The molecular weight excluding hydrogens is 386 g/mol. The van der Waals surface area contributed by atoms with Crippen LogP contribution in [0.1, 0.15) is 35.7 Å². The third-order valence-corrected chi connectivity index (χ3v) is 6.18. The summed E-state index contributed by atoms with van der Waals surface area (Å²) in [5, 5.41) is 0.775. The van der Waals surface area contributed by atoms with Gasteiger partial charge >= 0.3 is 0 Å². The van der Waals surface area contributed by atoms with Crippen LogP contribution in [0.25, 0.3) is 0 Å². The number of amides is 1. The summed E-state index contributed by atoms with van der Waals surface area (Å²) in [6.45, 7) is 5.22. The molecule has 5 nitrogen and oxygen atoms in total. The van der Waals surface area contributed by atoms with Crippen molar-refractivity contribution in [2.75, 3.05) is 45.9 Å². The average Bonchev–Trinajstić information content (AvgIpc) is 2.76. The molecule has 154 valence electrons. The molecule has 2 aromatic rings. The van der Waals surface area contributed by atoms with Crippen LogP contribution in [0.3, 0.4) is 0 Å². The van der Waals surface area contributed by atoms with Gasteiger partial charge in [0.25, 0.3) is 0 Å². The van der Waals surface area contributed by atoms with Crippen LogP contribution >= 0.6 is 11.6 Å². The van der Waals surface area contributed by atoms with E-state index in [4.69, 9.17) is 21.3 Å². The molecule has 3 heterocycles. The Bertz CT molecular complexity index is 838. The van der Waals surface area contributed by atoms with Gasteiger partial charge in [-0.05, 0) is 36.6 Å². The lowest BCUT2D eigenvalue weighted by Gasteiger charge is -2.35. The van der Waals surface area contributed by atoms with E-state index in [-0.39, 0.29) is 5.91 Å². The first kappa shape index (κ1) is 20.3. The fourth-order valence-electron chi connectivity index (χ4n) is 4.16. The number of ether oxygens (including phenoxy) is 1. The quantitative estimate of drug-likeness (QED) is 0.754. The number of nitrogens with zero attached hydrogens (tertiary/aromatic N) is 3. The molecule has 2 aliphatic rings. The van der Waals surface area contributed by atoms with E-state index in [1.54, 1.807) is 0 Å². The van der Waals surface area contributed by atoms with Crippen LogP contribution < -0.4 is 0 Å². The number of hydrogen-bond donors (Lipinski definition) is 0. The molecule has 29 heavy (non-hydrogen) atoms. The first-order chi connectivity index (χ1) is 14.2. The molecule has 2 fully saturated rings. The number of likely N-dealkylation sites (tertiary alicyclic amines) is 1. The van der Waals surface area contributed by atoms with Gasteiger partial charge in [-0.25, -0.2) is 0 Å². The number of morpholine rings is 1. The largest absolute Gasteiger partial charge is 0.379 e. The number of hydrogen-bond acceptors (Lipinski definition) is 4. The van der Waals surface area contributed by atoms with Crippen LogP contribution in [0.5, 0.6) is 0 Å². The second kappa shape index (κ2) is 9.70. The average molecular weight is 414 g/mol. The Labute approximate surface area is 177 Å². The van der Waals surface area contributed by atoms with Gasteiger partial charge in [-0.3, -0.25) is 14.7 Å². The smallest absolute Gasteiger partial charge is 0.236 e. The highest BCUT2D eigenvalue weighted by Gasteiger charge is 2.27. The first-order valence-electron chi connectivity index (χ1n) is 10.5. The molecule has 1 amide bonds. The molecule has 0 N–H and O–H groups in total. The molecule has 6 heteroatoms. The predicted molar refractivity (Wildman–Crippen MR) is 114 cm³/mol. The summed E-state index contributed by atoms with van der Waals surface area (Å²) in [4.78, 5) is 21.9. The zero-order chi connectivity index (χ0) is 20.1. The summed E-state index contributed by atoms with van der Waals surface area (Å²) in [6.07, 6.45) is 2.82. The van der Waals surface area contributed by atoms with Crippen molar-refractivity contribution in [3.8, 4) is 0 Å². The SMILES string of the molecule is O=C(CN1CCOCC1)N1CCC[C@@H](c2cccc(Cc3ccccc3Cl)n2)C1. The summed E-state index contributed by atoms with van der Waals surface area (Å²) < 4.78 is 5.38. The number of aromatic nitrogens is 1. The lowest BCUT2D eigenvalue weighted by molar-refractivity contribution is -0.134. The number of carbonyl (C=O) groups is 1. The van der Waals surface area contributed by atoms with Crippen LogP contribution in [0.2, 0.25) is 5.02 Å². The van der Waals surface area contributed by atoms with Crippen LogP contribution in [-0.2, 0) is 16.0 Å². The minimum atomic E-state index is 0.226. The Balaban J connectivity index is 1.40. The molecule has 0 bridgehead atoms. The van der Waals surface area contributed by atoms with Gasteiger partial charge in [0.1, 0.15) is 0 Å². The van der Waals surface area contributed by atoms with Gasteiger partial charge in [0.15, 0.2) is 0 Å². The van der Waals surface area contributed by atoms with E-state index in [2.05, 4.69) is 23.1 Å². The van der Waals surface area contributed by atoms with Gasteiger partial charge in [0, 0.05) is 54.9 Å². The van der Waals surface area contributed by atoms with Crippen molar-refractivity contribution in [2.24, 2.45) is 0 Å². The molecule has 2 saturated heterocycles. The minimum absolute atomic E-state index is 0.226. The number of pyridine rings is 1. The summed E-state index contributed by atoms with van der Waals surface area (Å²) in [6, 6.07) is 14.1. The maximum Gasteiger partial charge on any atom is 0.236 e. The third-order valence-electron chi connectivity index (χ3n) is 5.81. The third kappa shape index (κ3) is 5.35. The lowest BCUT2D eigenvalue weighted by Crippen LogP contribution is -2.47. The van der Waals surface area contributed by atoms with E-state index in [9.17, 15) is 4.79 Å². The maximum absolute atomic E-state index is 12.8. The molecule has 0 aliphatic carbocycles. The predicted octanol–water partition coefficient (Wildman–Crippen LogP) is 3.36. The van der Waals surface area contributed by atoms with Gasteiger partial charge in [-0.15, -0.1) is 0 Å². The first-order valence-corrected chi connectivity index (χ1v) is 10.8. The second-order valence-electron chi connectivity index (χ2n) is 7.89. The van der Waals surface area contributed by atoms with Gasteiger partial charge < -0.3 is 9.64 Å². The van der Waals surface area contributed by atoms with Crippen LogP contribution in [0.4, 0.5) is 0 Å². The molecule has 0 radical (unpaired) electrons. The van der Waals surface area contributed by atoms with Gasteiger partial charge in [-0.2, -0.15) is 0 Å². The van der Waals surface area contributed by atoms with Gasteiger partial charge in [0.05, 0.1) is 19.8 Å². The van der Waals surface area contributed by atoms with E-state index in [1.807, 2.05) is 29.2 Å². The molecule has 4 rings (SSSR count). The summed E-state index contributed by atoms with van der Waals surface area (Å²) in [5.74, 6) is 0.521. The number of carbonyl (C=O) groups excluding carboxylic acids is 1. The van der Waals surface area contributed by atoms with Crippen molar-refractivity contribution >= 4 is 17.5 Å². The standard InChI is InChI=1S/C23H28ClN3O2/c24-21-8-2-1-5-18(21)15-20-7-3-9-22(25-20)19-6-4-10-27(16-19)23(28)17-26-11-13-29-14-12-26/h1-3,5,7-9,19H,4,6,10-17H2/t19-/m1/s1. The van der Waals surface area contributed by atoms with Crippen LogP contribution in [-0.4, -0.2) is 66.6 Å². The monoisotopic (exact) mass is 413 g/mol. The van der Waals surface area contributed by atoms with Crippen molar-refractivity contribution in [3.05, 3.63) is 64.4 Å². The molecule has 0 spiro atoms. The number of benzene rings is 1. The zero-order valence-electron chi connectivity index (χ0n) is 16.7. The maximum atomic E-state index is 12.8. The Morgan fingerprint density at radius 1 is 1.10 bits per heavy atom. The molecule has 1 aromatic heterocycles. The van der Waals surface area contributed by atoms with Crippen molar-refractivity contribution in [2.45, 2.75) is 25.2 Å². The Morgan fingerprint density at radius 2 is 1.93 bits per heavy atom. The van der Waals surface area contributed by atoms with E-state index in [0.717, 1.165) is 80.6 Å². The summed E-state index contributed by atoms with van der Waals surface area (Å²) in [7, 11) is 0. The lowest BCUT2D eigenvalue weighted by atomic mass is 9.93. The molecule has 2 aliphatic heterocycles.